The maximum Gasteiger partial charge on any atom is 0.230 e. The molecule has 0 unspecified atom stereocenters. The Balaban J connectivity index is 1.93. The van der Waals surface area contributed by atoms with E-state index < -0.39 is 0 Å². The van der Waals surface area contributed by atoms with Crippen LogP contribution in [0, 0.1) is 18.7 Å². The predicted octanol–water partition coefficient (Wildman–Crippen LogP) is 4.25. The molecule has 7 heteroatoms. The Kier molecular flexibility index (Phi) is 6.46. The van der Waals surface area contributed by atoms with Gasteiger partial charge in [-0.05, 0) is 37.1 Å². The van der Waals surface area contributed by atoms with Crippen molar-refractivity contribution in [1.29, 1.82) is 0 Å². The minimum absolute atomic E-state index is 0.0652. The van der Waals surface area contributed by atoms with Crippen molar-refractivity contribution in [2.24, 2.45) is 5.92 Å². The molecule has 3 rings (SSSR count). The van der Waals surface area contributed by atoms with Crippen LogP contribution in [0.2, 0.25) is 0 Å². The molecule has 0 saturated carbocycles. The van der Waals surface area contributed by atoms with E-state index in [1.54, 1.807) is 22.8 Å². The van der Waals surface area contributed by atoms with E-state index in [-0.39, 0.29) is 17.5 Å². The van der Waals surface area contributed by atoms with Crippen LogP contribution < -0.4 is 5.32 Å². The fourth-order valence-electron chi connectivity index (χ4n) is 2.61. The zero-order chi connectivity index (χ0) is 20.1. The van der Waals surface area contributed by atoms with Crippen molar-refractivity contribution in [1.82, 2.24) is 20.1 Å². The number of hydrogen-bond acceptors (Lipinski definition) is 4. The standard InChI is InChI=1S/C21H23FN4OS/c1-14(2)12-23-19(27)13-28-21-25-24-20(17-6-4-5-7-18(17)22)26(21)16-10-8-15(3)9-11-16/h4-11,14H,12-13H2,1-3H3,(H,23,27). The number of nitrogens with one attached hydrogen (secondary N) is 1. The third-order valence-corrected chi connectivity index (χ3v) is 5.01. The van der Waals surface area contributed by atoms with Crippen LogP contribution in [-0.4, -0.2) is 33.0 Å². The molecule has 0 aliphatic heterocycles. The van der Waals surface area contributed by atoms with Gasteiger partial charge in [0.05, 0.1) is 11.3 Å². The number of carbonyl (C=O) groups excluding carboxylic acids is 1. The van der Waals surface area contributed by atoms with E-state index in [2.05, 4.69) is 15.5 Å². The number of halogens is 1. The first-order chi connectivity index (χ1) is 13.5. The molecule has 1 N–H and O–H groups in total. The molecule has 0 radical (unpaired) electrons. The number of aryl methyl sites for hydroxylation is 1. The molecular weight excluding hydrogens is 375 g/mol. The molecule has 0 aliphatic rings. The van der Waals surface area contributed by atoms with E-state index in [0.717, 1.165) is 11.3 Å². The number of rotatable bonds is 7. The topological polar surface area (TPSA) is 59.8 Å². The number of nitrogens with zero attached hydrogens (tertiary/aromatic N) is 3. The summed E-state index contributed by atoms with van der Waals surface area (Å²) in [4.78, 5) is 12.1. The summed E-state index contributed by atoms with van der Waals surface area (Å²) in [6.45, 7) is 6.72. The zero-order valence-corrected chi connectivity index (χ0v) is 17.0. The van der Waals surface area contributed by atoms with Crippen molar-refractivity contribution >= 4 is 17.7 Å². The minimum atomic E-state index is -0.366. The van der Waals surface area contributed by atoms with Gasteiger partial charge in [-0.1, -0.05) is 55.4 Å². The minimum Gasteiger partial charge on any atom is -0.355 e. The number of thioether (sulfide) groups is 1. The second kappa shape index (κ2) is 9.01. The van der Waals surface area contributed by atoms with Gasteiger partial charge < -0.3 is 5.32 Å². The Morgan fingerprint density at radius 3 is 2.54 bits per heavy atom. The Labute approximate surface area is 168 Å². The van der Waals surface area contributed by atoms with Crippen LogP contribution >= 0.6 is 11.8 Å². The lowest BCUT2D eigenvalue weighted by atomic mass is 10.2. The van der Waals surface area contributed by atoms with E-state index in [1.165, 1.54) is 17.8 Å². The number of benzene rings is 2. The fourth-order valence-corrected chi connectivity index (χ4v) is 3.39. The van der Waals surface area contributed by atoms with Crippen LogP contribution in [0.3, 0.4) is 0 Å². The van der Waals surface area contributed by atoms with Crippen LogP contribution in [0.5, 0.6) is 0 Å². The van der Waals surface area contributed by atoms with Gasteiger partial charge >= 0.3 is 0 Å². The van der Waals surface area contributed by atoms with Crippen LogP contribution in [-0.2, 0) is 4.79 Å². The normalized spacial score (nSPS) is 11.0. The summed E-state index contributed by atoms with van der Waals surface area (Å²) >= 11 is 1.28. The predicted molar refractivity (Wildman–Crippen MR) is 110 cm³/mol. The molecule has 3 aromatic rings. The average Bonchev–Trinajstić information content (AvgIpc) is 3.09. The molecule has 28 heavy (non-hydrogen) atoms. The molecule has 0 atom stereocenters. The molecular formula is C21H23FN4OS. The monoisotopic (exact) mass is 398 g/mol. The Morgan fingerprint density at radius 1 is 1.14 bits per heavy atom. The summed E-state index contributed by atoms with van der Waals surface area (Å²) < 4.78 is 16.2. The molecule has 1 aromatic heterocycles. The number of aromatic nitrogens is 3. The van der Waals surface area contributed by atoms with Gasteiger partial charge in [-0.2, -0.15) is 0 Å². The lowest BCUT2D eigenvalue weighted by Gasteiger charge is -2.11. The van der Waals surface area contributed by atoms with Crippen molar-refractivity contribution in [2.75, 3.05) is 12.3 Å². The largest absolute Gasteiger partial charge is 0.355 e. The average molecular weight is 399 g/mol. The van der Waals surface area contributed by atoms with E-state index in [0.29, 0.717) is 29.0 Å². The van der Waals surface area contributed by atoms with Crippen molar-refractivity contribution in [3.63, 3.8) is 0 Å². The molecule has 5 nitrogen and oxygen atoms in total. The van der Waals surface area contributed by atoms with Crippen molar-refractivity contribution < 1.29 is 9.18 Å². The third kappa shape index (κ3) is 4.78. The first kappa shape index (κ1) is 20.1. The second-order valence-corrected chi connectivity index (χ2v) is 7.89. The summed E-state index contributed by atoms with van der Waals surface area (Å²) in [5, 5.41) is 11.9. The van der Waals surface area contributed by atoms with E-state index in [4.69, 9.17) is 0 Å². The number of amides is 1. The van der Waals surface area contributed by atoms with Crippen molar-refractivity contribution in [3.8, 4) is 17.1 Å². The fraction of sp³-hybridized carbons (Fsp3) is 0.286. The van der Waals surface area contributed by atoms with Crippen LogP contribution in [0.1, 0.15) is 19.4 Å². The molecule has 0 fully saturated rings. The highest BCUT2D eigenvalue weighted by Crippen LogP contribution is 2.29. The van der Waals surface area contributed by atoms with Crippen LogP contribution in [0.15, 0.2) is 53.7 Å². The van der Waals surface area contributed by atoms with Gasteiger partial charge in [0.1, 0.15) is 5.82 Å². The molecule has 1 heterocycles. The lowest BCUT2D eigenvalue weighted by Crippen LogP contribution is -2.28. The van der Waals surface area contributed by atoms with E-state index in [1.807, 2.05) is 45.0 Å². The van der Waals surface area contributed by atoms with Gasteiger partial charge in [0.15, 0.2) is 11.0 Å². The molecule has 0 aliphatic carbocycles. The maximum absolute atomic E-state index is 14.4. The summed E-state index contributed by atoms with van der Waals surface area (Å²) in [6.07, 6.45) is 0. The SMILES string of the molecule is Cc1ccc(-n2c(SCC(=O)NCC(C)C)nnc2-c2ccccc2F)cc1. The Morgan fingerprint density at radius 2 is 1.86 bits per heavy atom. The Bertz CT molecular complexity index is 953. The third-order valence-electron chi connectivity index (χ3n) is 4.08. The number of hydrogen-bond donors (Lipinski definition) is 1. The second-order valence-electron chi connectivity index (χ2n) is 6.94. The summed E-state index contributed by atoms with van der Waals surface area (Å²) in [6, 6.07) is 14.3. The maximum atomic E-state index is 14.4. The molecule has 0 spiro atoms. The van der Waals surface area contributed by atoms with E-state index >= 15 is 0 Å². The van der Waals surface area contributed by atoms with Crippen LogP contribution in [0.25, 0.3) is 17.1 Å². The highest BCUT2D eigenvalue weighted by molar-refractivity contribution is 7.99. The first-order valence-electron chi connectivity index (χ1n) is 9.12. The van der Waals surface area contributed by atoms with Gasteiger partial charge in [-0.15, -0.1) is 10.2 Å². The summed E-state index contributed by atoms with van der Waals surface area (Å²) in [5.41, 5.74) is 2.30. The van der Waals surface area contributed by atoms with Gasteiger partial charge in [0.2, 0.25) is 5.91 Å². The molecule has 1 amide bonds. The first-order valence-corrected chi connectivity index (χ1v) is 10.1. The van der Waals surface area contributed by atoms with Crippen molar-refractivity contribution in [2.45, 2.75) is 25.9 Å². The highest BCUT2D eigenvalue weighted by atomic mass is 32.2. The molecule has 146 valence electrons. The van der Waals surface area contributed by atoms with Gasteiger partial charge in [0, 0.05) is 12.2 Å². The van der Waals surface area contributed by atoms with Crippen molar-refractivity contribution in [3.05, 3.63) is 59.9 Å². The lowest BCUT2D eigenvalue weighted by molar-refractivity contribution is -0.118. The summed E-state index contributed by atoms with van der Waals surface area (Å²) in [7, 11) is 0. The van der Waals surface area contributed by atoms with Gasteiger partial charge in [-0.3, -0.25) is 9.36 Å². The summed E-state index contributed by atoms with van der Waals surface area (Å²) in [5.74, 6) is 0.581. The molecule has 0 saturated heterocycles. The highest BCUT2D eigenvalue weighted by Gasteiger charge is 2.19. The number of carbonyl (C=O) groups is 1. The van der Waals surface area contributed by atoms with Gasteiger partial charge in [-0.25, -0.2) is 4.39 Å². The van der Waals surface area contributed by atoms with E-state index in [9.17, 15) is 9.18 Å². The zero-order valence-electron chi connectivity index (χ0n) is 16.1. The Hall–Kier alpha value is -2.67. The smallest absolute Gasteiger partial charge is 0.230 e. The van der Waals surface area contributed by atoms with Gasteiger partial charge in [0.25, 0.3) is 0 Å². The quantitative estimate of drug-likeness (QED) is 0.605. The molecule has 0 bridgehead atoms. The van der Waals surface area contributed by atoms with Crippen LogP contribution in [0.4, 0.5) is 4.39 Å². The molecule has 2 aromatic carbocycles.